The van der Waals surface area contributed by atoms with Gasteiger partial charge in [0, 0.05) is 25.2 Å². The van der Waals surface area contributed by atoms with E-state index in [4.69, 9.17) is 0 Å². The van der Waals surface area contributed by atoms with Gasteiger partial charge in [-0.25, -0.2) is 0 Å². The van der Waals surface area contributed by atoms with E-state index in [2.05, 4.69) is 10.2 Å². The molecule has 106 valence electrons. The topological polar surface area (TPSA) is 101 Å². The van der Waals surface area contributed by atoms with Crippen molar-refractivity contribution in [3.8, 4) is 11.8 Å². The van der Waals surface area contributed by atoms with Gasteiger partial charge in [-0.05, 0) is 25.0 Å². The number of anilines is 1. The van der Waals surface area contributed by atoms with Gasteiger partial charge in [0.2, 0.25) is 5.69 Å². The first-order valence-corrected chi connectivity index (χ1v) is 6.56. The van der Waals surface area contributed by atoms with E-state index >= 15 is 0 Å². The number of rotatable bonds is 3. The zero-order valence-corrected chi connectivity index (χ0v) is 11.1. The highest BCUT2D eigenvalue weighted by molar-refractivity contribution is 5.51. The van der Waals surface area contributed by atoms with Crippen molar-refractivity contribution in [1.82, 2.24) is 15.0 Å². The Morgan fingerprint density at radius 1 is 1.19 bits per heavy atom. The van der Waals surface area contributed by atoms with Gasteiger partial charge in [0.1, 0.15) is 6.07 Å². The standard InChI is InChI=1S/C13H12N6O2/c14-9-12-13(17-7-1-2-8-17)16-18(15-12)10-3-5-11(6-4-10)19(20)21/h3-6H,1-2,7-8H2. The minimum atomic E-state index is -0.462. The molecule has 0 aliphatic carbocycles. The molecule has 0 atom stereocenters. The number of nitro benzene ring substituents is 1. The zero-order chi connectivity index (χ0) is 14.8. The predicted molar refractivity (Wildman–Crippen MR) is 74.2 cm³/mol. The maximum Gasteiger partial charge on any atom is 0.269 e. The van der Waals surface area contributed by atoms with Crippen LogP contribution in [0.4, 0.5) is 11.5 Å². The smallest absolute Gasteiger partial charge is 0.269 e. The van der Waals surface area contributed by atoms with Crippen LogP contribution in [-0.4, -0.2) is 33.0 Å². The number of nitro groups is 1. The van der Waals surface area contributed by atoms with E-state index in [1.165, 1.54) is 16.9 Å². The van der Waals surface area contributed by atoms with Crippen LogP contribution < -0.4 is 4.90 Å². The van der Waals surface area contributed by atoms with Crippen molar-refractivity contribution in [2.45, 2.75) is 12.8 Å². The monoisotopic (exact) mass is 284 g/mol. The van der Waals surface area contributed by atoms with Gasteiger partial charge >= 0.3 is 0 Å². The summed E-state index contributed by atoms with van der Waals surface area (Å²) < 4.78 is 0. The van der Waals surface area contributed by atoms with Gasteiger partial charge in [-0.1, -0.05) is 0 Å². The fourth-order valence-electron chi connectivity index (χ4n) is 2.34. The molecular weight excluding hydrogens is 272 g/mol. The highest BCUT2D eigenvalue weighted by Gasteiger charge is 2.21. The molecule has 1 saturated heterocycles. The van der Waals surface area contributed by atoms with E-state index in [1.54, 1.807) is 12.1 Å². The summed E-state index contributed by atoms with van der Waals surface area (Å²) in [4.78, 5) is 13.6. The van der Waals surface area contributed by atoms with E-state index < -0.39 is 4.92 Å². The maximum atomic E-state index is 10.6. The average Bonchev–Trinajstić information content (AvgIpc) is 3.16. The van der Waals surface area contributed by atoms with Crippen LogP contribution in [0.25, 0.3) is 5.69 Å². The number of hydrogen-bond donors (Lipinski definition) is 0. The fourth-order valence-corrected chi connectivity index (χ4v) is 2.34. The highest BCUT2D eigenvalue weighted by atomic mass is 16.6. The predicted octanol–water partition coefficient (Wildman–Crippen LogP) is 1.65. The van der Waals surface area contributed by atoms with Crippen LogP contribution >= 0.6 is 0 Å². The Balaban J connectivity index is 1.95. The normalized spacial score (nSPS) is 14.1. The molecule has 0 N–H and O–H groups in total. The van der Waals surface area contributed by atoms with E-state index in [1.807, 2.05) is 11.0 Å². The molecule has 1 aromatic heterocycles. The summed E-state index contributed by atoms with van der Waals surface area (Å²) in [5.41, 5.74) is 0.865. The fraction of sp³-hybridized carbons (Fsp3) is 0.308. The van der Waals surface area contributed by atoms with Crippen LogP contribution in [0.15, 0.2) is 24.3 Å². The van der Waals surface area contributed by atoms with Crippen molar-refractivity contribution < 1.29 is 4.92 Å². The van der Waals surface area contributed by atoms with Gasteiger partial charge in [-0.3, -0.25) is 10.1 Å². The molecule has 8 nitrogen and oxygen atoms in total. The summed E-state index contributed by atoms with van der Waals surface area (Å²) in [6.45, 7) is 1.74. The third-order valence-corrected chi connectivity index (χ3v) is 3.40. The number of nitriles is 1. The lowest BCUT2D eigenvalue weighted by molar-refractivity contribution is -0.384. The second-order valence-electron chi connectivity index (χ2n) is 4.74. The molecule has 1 fully saturated rings. The molecule has 0 saturated carbocycles. The lowest BCUT2D eigenvalue weighted by atomic mass is 10.3. The molecular formula is C13H12N6O2. The van der Waals surface area contributed by atoms with Crippen LogP contribution in [0.3, 0.4) is 0 Å². The Labute approximate surface area is 120 Å². The van der Waals surface area contributed by atoms with E-state index in [-0.39, 0.29) is 11.4 Å². The number of hydrogen-bond acceptors (Lipinski definition) is 6. The van der Waals surface area contributed by atoms with Crippen LogP contribution in [0.2, 0.25) is 0 Å². The largest absolute Gasteiger partial charge is 0.353 e. The van der Waals surface area contributed by atoms with Crippen molar-refractivity contribution in [2.24, 2.45) is 0 Å². The van der Waals surface area contributed by atoms with Gasteiger partial charge in [0.15, 0.2) is 5.82 Å². The van der Waals surface area contributed by atoms with Crippen molar-refractivity contribution in [3.63, 3.8) is 0 Å². The Kier molecular flexibility index (Phi) is 3.23. The summed E-state index contributed by atoms with van der Waals surface area (Å²) in [5.74, 6) is 0.577. The Hall–Kier alpha value is -2.95. The molecule has 21 heavy (non-hydrogen) atoms. The lowest BCUT2D eigenvalue weighted by Crippen LogP contribution is -2.19. The molecule has 0 radical (unpaired) electrons. The molecule has 1 aliphatic heterocycles. The Morgan fingerprint density at radius 2 is 1.86 bits per heavy atom. The van der Waals surface area contributed by atoms with Crippen LogP contribution in [0.1, 0.15) is 18.5 Å². The number of nitrogens with zero attached hydrogens (tertiary/aromatic N) is 6. The highest BCUT2D eigenvalue weighted by Crippen LogP contribution is 2.22. The van der Waals surface area contributed by atoms with Gasteiger partial charge < -0.3 is 4.90 Å². The molecule has 0 amide bonds. The molecule has 2 aromatic rings. The van der Waals surface area contributed by atoms with E-state index in [0.717, 1.165) is 25.9 Å². The molecule has 3 rings (SSSR count). The summed E-state index contributed by atoms with van der Waals surface area (Å²) in [7, 11) is 0. The van der Waals surface area contributed by atoms with Gasteiger partial charge in [-0.2, -0.15) is 5.26 Å². The molecule has 0 spiro atoms. The maximum absolute atomic E-state index is 10.6. The molecule has 1 aliphatic rings. The minimum Gasteiger partial charge on any atom is -0.353 e. The van der Waals surface area contributed by atoms with Gasteiger partial charge in [0.05, 0.1) is 10.6 Å². The zero-order valence-electron chi connectivity index (χ0n) is 11.1. The van der Waals surface area contributed by atoms with Crippen molar-refractivity contribution in [2.75, 3.05) is 18.0 Å². The quantitative estimate of drug-likeness (QED) is 0.627. The lowest BCUT2D eigenvalue weighted by Gasteiger charge is -2.12. The third kappa shape index (κ3) is 2.41. The van der Waals surface area contributed by atoms with E-state index in [0.29, 0.717) is 11.5 Å². The number of benzene rings is 1. The molecule has 0 bridgehead atoms. The van der Waals surface area contributed by atoms with Crippen molar-refractivity contribution >= 4 is 11.5 Å². The van der Waals surface area contributed by atoms with Gasteiger partial charge in [-0.15, -0.1) is 15.0 Å². The first-order chi connectivity index (χ1) is 10.2. The van der Waals surface area contributed by atoms with Crippen molar-refractivity contribution in [3.05, 3.63) is 40.1 Å². The number of aromatic nitrogens is 3. The first-order valence-electron chi connectivity index (χ1n) is 6.56. The van der Waals surface area contributed by atoms with E-state index in [9.17, 15) is 15.4 Å². The summed E-state index contributed by atoms with van der Waals surface area (Å²) >= 11 is 0. The van der Waals surface area contributed by atoms with Crippen LogP contribution in [0, 0.1) is 21.4 Å². The summed E-state index contributed by atoms with van der Waals surface area (Å²) in [5, 5.41) is 28.3. The third-order valence-electron chi connectivity index (χ3n) is 3.40. The Bertz CT molecular complexity index is 709. The molecule has 0 unspecified atom stereocenters. The number of non-ortho nitro benzene ring substituents is 1. The van der Waals surface area contributed by atoms with Crippen LogP contribution in [-0.2, 0) is 0 Å². The van der Waals surface area contributed by atoms with Crippen LogP contribution in [0.5, 0.6) is 0 Å². The summed E-state index contributed by atoms with van der Waals surface area (Å²) in [6, 6.07) is 7.95. The molecule has 2 heterocycles. The SMILES string of the molecule is N#Cc1nn(-c2ccc([N+](=O)[O-])cc2)nc1N1CCCC1. The average molecular weight is 284 g/mol. The Morgan fingerprint density at radius 3 is 2.43 bits per heavy atom. The molecule has 1 aromatic carbocycles. The molecule has 8 heteroatoms. The van der Waals surface area contributed by atoms with Crippen molar-refractivity contribution in [1.29, 1.82) is 5.26 Å². The second-order valence-corrected chi connectivity index (χ2v) is 4.74. The van der Waals surface area contributed by atoms with Gasteiger partial charge in [0.25, 0.3) is 5.69 Å². The first kappa shape index (κ1) is 13.1. The second kappa shape index (κ2) is 5.20. The summed E-state index contributed by atoms with van der Waals surface area (Å²) in [6.07, 6.45) is 2.16. The minimum absolute atomic E-state index is 0.00572.